The zero-order chi connectivity index (χ0) is 18.4. The Labute approximate surface area is 152 Å². The Morgan fingerprint density at radius 1 is 1.04 bits per heavy atom. The van der Waals surface area contributed by atoms with Crippen LogP contribution in [0.2, 0.25) is 0 Å². The van der Waals surface area contributed by atoms with E-state index in [1.165, 1.54) is 5.56 Å². The van der Waals surface area contributed by atoms with Crippen molar-refractivity contribution in [2.75, 3.05) is 0 Å². The van der Waals surface area contributed by atoms with E-state index >= 15 is 0 Å². The molecule has 0 N–H and O–H groups in total. The Hall–Kier alpha value is -3.21. The summed E-state index contributed by atoms with van der Waals surface area (Å²) in [5, 5.41) is 0. The van der Waals surface area contributed by atoms with Crippen LogP contribution in [0.5, 0.6) is 11.6 Å². The molecule has 0 saturated heterocycles. The quantitative estimate of drug-likeness (QED) is 0.602. The van der Waals surface area contributed by atoms with Crippen LogP contribution in [0.1, 0.15) is 41.3 Å². The molecule has 0 aliphatic rings. The lowest BCUT2D eigenvalue weighted by Gasteiger charge is -2.10. The van der Waals surface area contributed by atoms with Crippen molar-refractivity contribution in [3.05, 3.63) is 83.8 Å². The fourth-order valence-electron chi connectivity index (χ4n) is 2.37. The molecule has 0 amide bonds. The SMILES string of the molecule is CC(C)c1ccc(COC(=O)c2cccnc2Oc2cccnc2)cc1. The number of hydrogen-bond donors (Lipinski definition) is 0. The van der Waals surface area contributed by atoms with E-state index in [-0.39, 0.29) is 18.1 Å². The molecule has 1 aromatic carbocycles. The van der Waals surface area contributed by atoms with Gasteiger partial charge in [0.2, 0.25) is 5.88 Å². The number of rotatable bonds is 6. The minimum absolute atomic E-state index is 0.193. The molecule has 0 saturated carbocycles. The van der Waals surface area contributed by atoms with Crippen molar-refractivity contribution in [3.63, 3.8) is 0 Å². The maximum Gasteiger partial charge on any atom is 0.344 e. The fraction of sp³-hybridized carbons (Fsp3) is 0.190. The van der Waals surface area contributed by atoms with Crippen LogP contribution in [0.3, 0.4) is 0 Å². The van der Waals surface area contributed by atoms with Crippen LogP contribution in [-0.2, 0) is 11.3 Å². The minimum Gasteiger partial charge on any atom is -0.457 e. The van der Waals surface area contributed by atoms with Crippen LogP contribution in [0.4, 0.5) is 0 Å². The number of esters is 1. The van der Waals surface area contributed by atoms with Crippen LogP contribution in [0.15, 0.2) is 67.1 Å². The van der Waals surface area contributed by atoms with E-state index in [1.54, 1.807) is 42.9 Å². The summed E-state index contributed by atoms with van der Waals surface area (Å²) >= 11 is 0. The normalized spacial score (nSPS) is 10.6. The molecule has 0 spiro atoms. The molecule has 0 aliphatic carbocycles. The summed E-state index contributed by atoms with van der Waals surface area (Å²) in [6.07, 6.45) is 4.76. The van der Waals surface area contributed by atoms with Crippen LogP contribution < -0.4 is 4.74 Å². The third kappa shape index (κ3) is 4.45. The van der Waals surface area contributed by atoms with Crippen molar-refractivity contribution in [3.8, 4) is 11.6 Å². The molecular weight excluding hydrogens is 328 g/mol. The number of pyridine rings is 2. The van der Waals surface area contributed by atoms with Crippen LogP contribution in [0, 0.1) is 0 Å². The first-order chi connectivity index (χ1) is 12.6. The van der Waals surface area contributed by atoms with E-state index in [2.05, 4.69) is 35.9 Å². The van der Waals surface area contributed by atoms with Gasteiger partial charge in [0.15, 0.2) is 0 Å². The summed E-state index contributed by atoms with van der Waals surface area (Å²) in [5.74, 6) is 0.685. The Kier molecular flexibility index (Phi) is 5.59. The van der Waals surface area contributed by atoms with Gasteiger partial charge >= 0.3 is 5.97 Å². The summed E-state index contributed by atoms with van der Waals surface area (Å²) in [4.78, 5) is 20.6. The highest BCUT2D eigenvalue weighted by Gasteiger charge is 2.16. The van der Waals surface area contributed by atoms with E-state index in [0.29, 0.717) is 11.7 Å². The van der Waals surface area contributed by atoms with Crippen molar-refractivity contribution < 1.29 is 14.3 Å². The molecule has 2 aromatic heterocycles. The van der Waals surface area contributed by atoms with Gasteiger partial charge in [-0.25, -0.2) is 9.78 Å². The number of ether oxygens (including phenoxy) is 2. The van der Waals surface area contributed by atoms with Gasteiger partial charge in [-0.3, -0.25) is 4.98 Å². The number of hydrogen-bond acceptors (Lipinski definition) is 5. The molecule has 0 unspecified atom stereocenters. The predicted octanol–water partition coefficient (Wildman–Crippen LogP) is 4.75. The third-order valence-electron chi connectivity index (χ3n) is 3.86. The van der Waals surface area contributed by atoms with Gasteiger partial charge in [-0.1, -0.05) is 38.1 Å². The minimum atomic E-state index is -0.482. The molecule has 0 aliphatic heterocycles. The molecule has 5 nitrogen and oxygen atoms in total. The van der Waals surface area contributed by atoms with Crippen LogP contribution >= 0.6 is 0 Å². The van der Waals surface area contributed by atoms with Crippen molar-refractivity contribution in [2.45, 2.75) is 26.4 Å². The summed E-state index contributed by atoms with van der Waals surface area (Å²) < 4.78 is 11.1. The number of carbonyl (C=O) groups is 1. The maximum atomic E-state index is 12.4. The van der Waals surface area contributed by atoms with E-state index in [4.69, 9.17) is 9.47 Å². The smallest absolute Gasteiger partial charge is 0.344 e. The average molecular weight is 348 g/mol. The highest BCUT2D eigenvalue weighted by molar-refractivity contribution is 5.91. The second-order valence-electron chi connectivity index (χ2n) is 6.12. The van der Waals surface area contributed by atoms with Crippen LogP contribution in [-0.4, -0.2) is 15.9 Å². The lowest BCUT2D eigenvalue weighted by atomic mass is 10.0. The number of carbonyl (C=O) groups excluding carboxylic acids is 1. The monoisotopic (exact) mass is 348 g/mol. The van der Waals surface area contributed by atoms with E-state index in [0.717, 1.165) is 5.56 Å². The van der Waals surface area contributed by atoms with Gasteiger partial charge in [0.25, 0.3) is 0 Å². The predicted molar refractivity (Wildman–Crippen MR) is 98.2 cm³/mol. The van der Waals surface area contributed by atoms with Crippen molar-refractivity contribution in [1.29, 1.82) is 0 Å². The van der Waals surface area contributed by atoms with Gasteiger partial charge in [0, 0.05) is 12.4 Å². The molecule has 26 heavy (non-hydrogen) atoms. The lowest BCUT2D eigenvalue weighted by molar-refractivity contribution is 0.0469. The Morgan fingerprint density at radius 2 is 1.81 bits per heavy atom. The standard InChI is InChI=1S/C21H20N2O3/c1-15(2)17-9-7-16(8-10-17)14-25-21(24)19-6-4-12-23-20(19)26-18-5-3-11-22-13-18/h3-13,15H,14H2,1-2H3. The molecule has 3 rings (SSSR count). The third-order valence-corrected chi connectivity index (χ3v) is 3.86. The zero-order valence-electron chi connectivity index (χ0n) is 14.8. The van der Waals surface area contributed by atoms with Crippen LogP contribution in [0.25, 0.3) is 0 Å². The highest BCUT2D eigenvalue weighted by Crippen LogP contribution is 2.23. The first-order valence-corrected chi connectivity index (χ1v) is 8.42. The fourth-order valence-corrected chi connectivity index (χ4v) is 2.37. The molecule has 5 heteroatoms. The van der Waals surface area contributed by atoms with Crippen molar-refractivity contribution >= 4 is 5.97 Å². The Balaban J connectivity index is 1.68. The van der Waals surface area contributed by atoms with E-state index in [1.807, 2.05) is 12.1 Å². The maximum absolute atomic E-state index is 12.4. The first kappa shape index (κ1) is 17.6. The topological polar surface area (TPSA) is 61.3 Å². The molecule has 0 fully saturated rings. The highest BCUT2D eigenvalue weighted by atomic mass is 16.5. The average Bonchev–Trinajstić information content (AvgIpc) is 2.67. The summed E-state index contributed by atoms with van der Waals surface area (Å²) in [6.45, 7) is 4.47. The van der Waals surface area contributed by atoms with Gasteiger partial charge in [0.1, 0.15) is 17.9 Å². The second kappa shape index (κ2) is 8.25. The van der Waals surface area contributed by atoms with Gasteiger partial charge in [-0.05, 0) is 41.3 Å². The first-order valence-electron chi connectivity index (χ1n) is 8.42. The van der Waals surface area contributed by atoms with Gasteiger partial charge < -0.3 is 9.47 Å². The number of benzene rings is 1. The second-order valence-corrected chi connectivity index (χ2v) is 6.12. The van der Waals surface area contributed by atoms with Gasteiger partial charge in [0.05, 0.1) is 6.20 Å². The van der Waals surface area contributed by atoms with Gasteiger partial charge in [-0.15, -0.1) is 0 Å². The van der Waals surface area contributed by atoms with E-state index < -0.39 is 5.97 Å². The zero-order valence-corrected chi connectivity index (χ0v) is 14.8. The molecule has 0 bridgehead atoms. The molecule has 2 heterocycles. The number of aromatic nitrogens is 2. The summed E-state index contributed by atoms with van der Waals surface area (Å²) in [6, 6.07) is 14.8. The molecule has 132 valence electrons. The lowest BCUT2D eigenvalue weighted by Crippen LogP contribution is -2.08. The van der Waals surface area contributed by atoms with E-state index in [9.17, 15) is 4.79 Å². The molecule has 3 aromatic rings. The summed E-state index contributed by atoms with van der Waals surface area (Å²) in [7, 11) is 0. The molecule has 0 radical (unpaired) electrons. The number of nitrogens with zero attached hydrogens (tertiary/aromatic N) is 2. The molecular formula is C21H20N2O3. The van der Waals surface area contributed by atoms with Crippen molar-refractivity contribution in [2.24, 2.45) is 0 Å². The Bertz CT molecular complexity index is 862. The van der Waals surface area contributed by atoms with Gasteiger partial charge in [-0.2, -0.15) is 0 Å². The van der Waals surface area contributed by atoms with Crippen molar-refractivity contribution in [1.82, 2.24) is 9.97 Å². The Morgan fingerprint density at radius 3 is 2.50 bits per heavy atom. The largest absolute Gasteiger partial charge is 0.457 e. The molecule has 0 atom stereocenters. The summed E-state index contributed by atoms with van der Waals surface area (Å²) in [5.41, 5.74) is 2.45.